The molecule has 1 fully saturated rings. The van der Waals surface area contributed by atoms with E-state index in [1.165, 1.54) is 6.07 Å². The molecule has 1 aliphatic heterocycles. The Balaban J connectivity index is 0.000000132. The summed E-state index contributed by atoms with van der Waals surface area (Å²) < 4.78 is 9.89. The number of H-pyrrole nitrogens is 1. The molecule has 0 saturated carbocycles. The van der Waals surface area contributed by atoms with Crippen molar-refractivity contribution in [2.24, 2.45) is 0 Å². The molecule has 1 aliphatic rings. The largest absolute Gasteiger partial charge is 0.377 e. The zero-order valence-electron chi connectivity index (χ0n) is 7.36. The Morgan fingerprint density at radius 2 is 1.69 bits per heavy atom. The lowest BCUT2D eigenvalue weighted by molar-refractivity contribution is -0.0334. The summed E-state index contributed by atoms with van der Waals surface area (Å²) in [6, 6.07) is 4.93. The molecule has 1 saturated heterocycles. The molecule has 0 atom stereocenters. The molecule has 2 heterocycles. The number of hydrogen-bond acceptors (Lipinski definition) is 3. The van der Waals surface area contributed by atoms with Crippen LogP contribution in [-0.4, -0.2) is 31.4 Å². The number of rotatable bonds is 0. The fourth-order valence-electron chi connectivity index (χ4n) is 0.817. The average molecular weight is 183 g/mol. The molecule has 0 aromatic carbocycles. The van der Waals surface area contributed by atoms with Gasteiger partial charge in [0.05, 0.1) is 26.4 Å². The number of aromatic amines is 1. The topological polar surface area (TPSA) is 51.3 Å². The molecule has 0 unspecified atom stereocenters. The SMILES string of the molecule is C1COCCO1.O=c1cccc[nH]1. The monoisotopic (exact) mass is 183 g/mol. The van der Waals surface area contributed by atoms with E-state index in [2.05, 4.69) is 4.98 Å². The van der Waals surface area contributed by atoms with Gasteiger partial charge in [0, 0.05) is 12.3 Å². The van der Waals surface area contributed by atoms with Gasteiger partial charge in [0.25, 0.3) is 0 Å². The van der Waals surface area contributed by atoms with Gasteiger partial charge >= 0.3 is 0 Å². The van der Waals surface area contributed by atoms with Crippen LogP contribution in [0, 0.1) is 0 Å². The first-order valence-electron chi connectivity index (χ1n) is 4.19. The van der Waals surface area contributed by atoms with Gasteiger partial charge in [-0.1, -0.05) is 6.07 Å². The minimum atomic E-state index is -0.0532. The van der Waals surface area contributed by atoms with E-state index >= 15 is 0 Å². The quantitative estimate of drug-likeness (QED) is 0.633. The third kappa shape index (κ3) is 5.16. The van der Waals surface area contributed by atoms with E-state index in [0.717, 1.165) is 26.4 Å². The second-order valence-electron chi connectivity index (χ2n) is 2.45. The van der Waals surface area contributed by atoms with E-state index in [4.69, 9.17) is 9.47 Å². The first kappa shape index (κ1) is 9.95. The maximum absolute atomic E-state index is 10.2. The molecule has 1 N–H and O–H groups in total. The number of nitrogens with one attached hydrogen (secondary N) is 1. The molecule has 0 radical (unpaired) electrons. The second-order valence-corrected chi connectivity index (χ2v) is 2.45. The highest BCUT2D eigenvalue weighted by molar-refractivity contribution is 4.89. The maximum atomic E-state index is 10.2. The third-order valence-electron chi connectivity index (χ3n) is 1.42. The number of pyridine rings is 1. The third-order valence-corrected chi connectivity index (χ3v) is 1.42. The van der Waals surface area contributed by atoms with Gasteiger partial charge < -0.3 is 14.5 Å². The summed E-state index contributed by atoms with van der Waals surface area (Å²) in [4.78, 5) is 12.7. The van der Waals surface area contributed by atoms with Crippen LogP contribution < -0.4 is 5.56 Å². The molecule has 0 amide bonds. The first-order valence-corrected chi connectivity index (χ1v) is 4.19. The van der Waals surface area contributed by atoms with Crippen molar-refractivity contribution in [3.05, 3.63) is 34.7 Å². The van der Waals surface area contributed by atoms with E-state index in [1.54, 1.807) is 18.3 Å². The zero-order chi connectivity index (χ0) is 9.36. The van der Waals surface area contributed by atoms with Gasteiger partial charge in [-0.2, -0.15) is 0 Å². The van der Waals surface area contributed by atoms with Crippen molar-refractivity contribution >= 4 is 0 Å². The highest BCUT2D eigenvalue weighted by Gasteiger charge is 1.94. The summed E-state index contributed by atoms with van der Waals surface area (Å²) in [5.74, 6) is 0. The van der Waals surface area contributed by atoms with Crippen LogP contribution in [0.25, 0.3) is 0 Å². The van der Waals surface area contributed by atoms with Crippen LogP contribution in [0.3, 0.4) is 0 Å². The highest BCUT2D eigenvalue weighted by Crippen LogP contribution is 1.85. The van der Waals surface area contributed by atoms with Crippen molar-refractivity contribution in [1.29, 1.82) is 0 Å². The minimum absolute atomic E-state index is 0.0532. The molecular weight excluding hydrogens is 170 g/mol. The number of ether oxygens (including phenoxy) is 2. The summed E-state index contributed by atoms with van der Waals surface area (Å²) in [6.45, 7) is 3.11. The molecular formula is C9H13NO3. The molecule has 0 bridgehead atoms. The molecule has 1 aromatic heterocycles. The van der Waals surface area contributed by atoms with Crippen molar-refractivity contribution < 1.29 is 9.47 Å². The predicted molar refractivity (Wildman–Crippen MR) is 48.7 cm³/mol. The van der Waals surface area contributed by atoms with E-state index in [1.807, 2.05) is 0 Å². The van der Waals surface area contributed by atoms with Crippen molar-refractivity contribution in [2.75, 3.05) is 26.4 Å². The average Bonchev–Trinajstić information content (AvgIpc) is 2.22. The van der Waals surface area contributed by atoms with E-state index < -0.39 is 0 Å². The normalized spacial score (nSPS) is 15.7. The lowest BCUT2D eigenvalue weighted by Gasteiger charge is -2.09. The summed E-state index contributed by atoms with van der Waals surface area (Å²) in [6.07, 6.45) is 1.60. The van der Waals surface area contributed by atoms with Gasteiger partial charge in [-0.15, -0.1) is 0 Å². The van der Waals surface area contributed by atoms with Gasteiger partial charge in [-0.25, -0.2) is 0 Å². The first-order chi connectivity index (χ1) is 6.39. The van der Waals surface area contributed by atoms with Gasteiger partial charge in [-0.3, -0.25) is 4.79 Å². The van der Waals surface area contributed by atoms with Gasteiger partial charge in [-0.05, 0) is 6.07 Å². The van der Waals surface area contributed by atoms with Crippen LogP contribution >= 0.6 is 0 Å². The van der Waals surface area contributed by atoms with Gasteiger partial charge in [0.15, 0.2) is 0 Å². The van der Waals surface area contributed by atoms with E-state index in [-0.39, 0.29) is 5.56 Å². The lowest BCUT2D eigenvalue weighted by atomic mass is 10.5. The second kappa shape index (κ2) is 6.39. The van der Waals surface area contributed by atoms with Crippen LogP contribution in [-0.2, 0) is 9.47 Å². The maximum Gasteiger partial charge on any atom is 0.247 e. The van der Waals surface area contributed by atoms with Crippen LogP contribution in [0.2, 0.25) is 0 Å². The fraction of sp³-hybridized carbons (Fsp3) is 0.444. The van der Waals surface area contributed by atoms with Crippen molar-refractivity contribution in [1.82, 2.24) is 4.98 Å². The van der Waals surface area contributed by atoms with Gasteiger partial charge in [0.2, 0.25) is 5.56 Å². The smallest absolute Gasteiger partial charge is 0.247 e. The van der Waals surface area contributed by atoms with Crippen molar-refractivity contribution in [3.63, 3.8) is 0 Å². The van der Waals surface area contributed by atoms with Crippen LogP contribution in [0.15, 0.2) is 29.2 Å². The number of hydrogen-bond donors (Lipinski definition) is 1. The molecule has 1 aromatic rings. The van der Waals surface area contributed by atoms with Crippen molar-refractivity contribution in [2.45, 2.75) is 0 Å². The molecule has 13 heavy (non-hydrogen) atoms. The molecule has 0 spiro atoms. The van der Waals surface area contributed by atoms with Crippen LogP contribution in [0.5, 0.6) is 0 Å². The zero-order valence-corrected chi connectivity index (χ0v) is 7.36. The predicted octanol–water partition coefficient (Wildman–Crippen LogP) is 0.408. The van der Waals surface area contributed by atoms with Crippen LogP contribution in [0.4, 0.5) is 0 Å². The molecule has 2 rings (SSSR count). The molecule has 72 valence electrons. The van der Waals surface area contributed by atoms with Crippen LogP contribution in [0.1, 0.15) is 0 Å². The summed E-state index contributed by atoms with van der Waals surface area (Å²) in [7, 11) is 0. The van der Waals surface area contributed by atoms with Crippen molar-refractivity contribution in [3.8, 4) is 0 Å². The van der Waals surface area contributed by atoms with E-state index in [0.29, 0.717) is 0 Å². The standard InChI is InChI=1S/C5H5NO.C4H8O2/c7-5-3-1-2-4-6-5;1-2-6-4-3-5-1/h1-4H,(H,6,7);1-4H2. The van der Waals surface area contributed by atoms with Gasteiger partial charge in [0.1, 0.15) is 0 Å². The molecule has 0 aliphatic carbocycles. The Labute approximate surface area is 76.5 Å². The number of aromatic nitrogens is 1. The Morgan fingerprint density at radius 1 is 1.08 bits per heavy atom. The Kier molecular flexibility index (Phi) is 4.90. The highest BCUT2D eigenvalue weighted by atomic mass is 16.6. The summed E-state index contributed by atoms with van der Waals surface area (Å²) >= 11 is 0. The molecule has 4 nitrogen and oxygen atoms in total. The Morgan fingerprint density at radius 3 is 1.92 bits per heavy atom. The minimum Gasteiger partial charge on any atom is -0.377 e. The van der Waals surface area contributed by atoms with E-state index in [9.17, 15) is 4.79 Å². The summed E-state index contributed by atoms with van der Waals surface area (Å²) in [5, 5.41) is 0. The summed E-state index contributed by atoms with van der Waals surface area (Å²) in [5.41, 5.74) is -0.0532. The Hall–Kier alpha value is -1.13. The fourth-order valence-corrected chi connectivity index (χ4v) is 0.817. The molecule has 4 heteroatoms. The Bertz CT molecular complexity index is 239. The lowest BCUT2D eigenvalue weighted by Crippen LogP contribution is -2.16.